The van der Waals surface area contributed by atoms with Crippen molar-refractivity contribution < 1.29 is 9.47 Å². The SMILES string of the molecule is CCC1CCCC(N)(CCCOCCOC)C1. The highest BCUT2D eigenvalue weighted by molar-refractivity contribution is 4.90. The molecule has 0 aromatic carbocycles. The molecule has 0 bridgehead atoms. The van der Waals surface area contributed by atoms with Crippen LogP contribution < -0.4 is 5.73 Å². The molecule has 0 heterocycles. The average Bonchev–Trinajstić information content (AvgIpc) is 2.33. The van der Waals surface area contributed by atoms with Gasteiger partial charge in [-0.25, -0.2) is 0 Å². The molecule has 3 nitrogen and oxygen atoms in total. The first-order chi connectivity index (χ1) is 8.20. The number of hydrogen-bond donors (Lipinski definition) is 1. The first kappa shape index (κ1) is 14.9. The van der Waals surface area contributed by atoms with E-state index in [0.717, 1.165) is 25.4 Å². The highest BCUT2D eigenvalue weighted by Gasteiger charge is 2.31. The minimum Gasteiger partial charge on any atom is -0.382 e. The van der Waals surface area contributed by atoms with Crippen LogP contribution in [0, 0.1) is 5.92 Å². The maximum Gasteiger partial charge on any atom is 0.0700 e. The lowest BCUT2D eigenvalue weighted by atomic mass is 9.73. The minimum atomic E-state index is 0.0868. The smallest absolute Gasteiger partial charge is 0.0700 e. The number of ether oxygens (including phenoxy) is 2. The van der Waals surface area contributed by atoms with Crippen LogP contribution in [-0.2, 0) is 9.47 Å². The summed E-state index contributed by atoms with van der Waals surface area (Å²) in [6, 6.07) is 0. The number of hydrogen-bond acceptors (Lipinski definition) is 3. The molecule has 0 saturated heterocycles. The van der Waals surface area contributed by atoms with E-state index in [0.29, 0.717) is 13.2 Å². The predicted molar refractivity (Wildman–Crippen MR) is 71.1 cm³/mol. The molecule has 0 radical (unpaired) electrons. The Morgan fingerprint density at radius 2 is 2.12 bits per heavy atom. The molecule has 0 spiro atoms. The highest BCUT2D eigenvalue weighted by Crippen LogP contribution is 2.35. The zero-order valence-electron chi connectivity index (χ0n) is 11.5. The lowest BCUT2D eigenvalue weighted by Gasteiger charge is -2.38. The van der Waals surface area contributed by atoms with Crippen molar-refractivity contribution in [2.24, 2.45) is 11.7 Å². The van der Waals surface area contributed by atoms with Crippen LogP contribution in [0.15, 0.2) is 0 Å². The third kappa shape index (κ3) is 5.84. The Morgan fingerprint density at radius 3 is 2.82 bits per heavy atom. The quantitative estimate of drug-likeness (QED) is 0.667. The van der Waals surface area contributed by atoms with Gasteiger partial charge in [-0.2, -0.15) is 0 Å². The molecule has 1 fully saturated rings. The van der Waals surface area contributed by atoms with E-state index in [9.17, 15) is 0 Å². The van der Waals surface area contributed by atoms with Crippen LogP contribution in [0.4, 0.5) is 0 Å². The van der Waals surface area contributed by atoms with Crippen LogP contribution in [0.1, 0.15) is 51.9 Å². The summed E-state index contributed by atoms with van der Waals surface area (Å²) < 4.78 is 10.4. The van der Waals surface area contributed by atoms with Crippen LogP contribution in [0.25, 0.3) is 0 Å². The summed E-state index contributed by atoms with van der Waals surface area (Å²) in [6.07, 6.45) is 8.55. The van der Waals surface area contributed by atoms with Gasteiger partial charge < -0.3 is 15.2 Å². The molecule has 0 amide bonds. The topological polar surface area (TPSA) is 44.5 Å². The van der Waals surface area contributed by atoms with Gasteiger partial charge in [0.2, 0.25) is 0 Å². The molecule has 1 aliphatic carbocycles. The molecule has 1 aliphatic rings. The molecule has 17 heavy (non-hydrogen) atoms. The zero-order valence-corrected chi connectivity index (χ0v) is 11.5. The fraction of sp³-hybridized carbons (Fsp3) is 1.00. The van der Waals surface area contributed by atoms with Crippen molar-refractivity contribution in [3.05, 3.63) is 0 Å². The molecule has 1 rings (SSSR count). The van der Waals surface area contributed by atoms with Gasteiger partial charge in [-0.15, -0.1) is 0 Å². The van der Waals surface area contributed by atoms with Gasteiger partial charge in [0.25, 0.3) is 0 Å². The van der Waals surface area contributed by atoms with Gasteiger partial charge >= 0.3 is 0 Å². The Hall–Kier alpha value is -0.120. The molecule has 2 unspecified atom stereocenters. The summed E-state index contributed by atoms with van der Waals surface area (Å²) >= 11 is 0. The van der Waals surface area contributed by atoms with E-state index < -0.39 is 0 Å². The van der Waals surface area contributed by atoms with Crippen LogP contribution in [-0.4, -0.2) is 32.5 Å². The Morgan fingerprint density at radius 1 is 1.29 bits per heavy atom. The van der Waals surface area contributed by atoms with Gasteiger partial charge in [0.15, 0.2) is 0 Å². The van der Waals surface area contributed by atoms with Crippen molar-refractivity contribution >= 4 is 0 Å². The second kappa shape index (κ2) is 8.06. The van der Waals surface area contributed by atoms with E-state index in [2.05, 4.69) is 6.92 Å². The van der Waals surface area contributed by atoms with E-state index >= 15 is 0 Å². The zero-order chi connectivity index (χ0) is 12.6. The molecule has 1 saturated carbocycles. The predicted octanol–water partition coefficient (Wildman–Crippen LogP) is 2.73. The van der Waals surface area contributed by atoms with Gasteiger partial charge in [-0.05, 0) is 31.6 Å². The lowest BCUT2D eigenvalue weighted by molar-refractivity contribution is 0.0642. The molecule has 0 aliphatic heterocycles. The van der Waals surface area contributed by atoms with E-state index in [1.54, 1.807) is 7.11 Å². The van der Waals surface area contributed by atoms with Crippen LogP contribution in [0.5, 0.6) is 0 Å². The normalized spacial score (nSPS) is 29.5. The summed E-state index contributed by atoms with van der Waals surface area (Å²) in [4.78, 5) is 0. The lowest BCUT2D eigenvalue weighted by Crippen LogP contribution is -2.44. The third-order valence-corrected chi connectivity index (χ3v) is 3.95. The fourth-order valence-corrected chi connectivity index (χ4v) is 2.87. The summed E-state index contributed by atoms with van der Waals surface area (Å²) in [6.45, 7) is 4.49. The summed E-state index contributed by atoms with van der Waals surface area (Å²) in [5, 5.41) is 0. The van der Waals surface area contributed by atoms with Gasteiger partial charge in [-0.3, -0.25) is 0 Å². The second-order valence-electron chi connectivity index (χ2n) is 5.44. The van der Waals surface area contributed by atoms with E-state index in [1.807, 2.05) is 0 Å². The highest BCUT2D eigenvalue weighted by atomic mass is 16.5. The number of rotatable bonds is 8. The molecular formula is C14H29NO2. The molecule has 0 aromatic heterocycles. The Kier molecular flexibility index (Phi) is 7.09. The van der Waals surface area contributed by atoms with E-state index in [4.69, 9.17) is 15.2 Å². The summed E-state index contributed by atoms with van der Waals surface area (Å²) in [7, 11) is 1.70. The third-order valence-electron chi connectivity index (χ3n) is 3.95. The molecular weight excluding hydrogens is 214 g/mol. The van der Waals surface area contributed by atoms with Crippen molar-refractivity contribution in [2.45, 2.75) is 57.4 Å². The number of nitrogens with two attached hydrogens (primary N) is 1. The minimum absolute atomic E-state index is 0.0868. The van der Waals surface area contributed by atoms with Crippen molar-refractivity contribution in [2.75, 3.05) is 26.9 Å². The summed E-state index contributed by atoms with van der Waals surface area (Å²) in [5.74, 6) is 0.850. The van der Waals surface area contributed by atoms with Crippen LogP contribution >= 0.6 is 0 Å². The van der Waals surface area contributed by atoms with Crippen molar-refractivity contribution in [1.82, 2.24) is 0 Å². The van der Waals surface area contributed by atoms with Gasteiger partial charge in [0.1, 0.15) is 0 Å². The first-order valence-electron chi connectivity index (χ1n) is 7.06. The maximum atomic E-state index is 6.49. The molecule has 3 heteroatoms. The van der Waals surface area contributed by atoms with Crippen molar-refractivity contribution in [1.29, 1.82) is 0 Å². The number of methoxy groups -OCH3 is 1. The van der Waals surface area contributed by atoms with Crippen molar-refractivity contribution in [3.8, 4) is 0 Å². The van der Waals surface area contributed by atoms with Gasteiger partial charge in [-0.1, -0.05) is 26.2 Å². The van der Waals surface area contributed by atoms with Crippen LogP contribution in [0.2, 0.25) is 0 Å². The summed E-state index contributed by atoms with van der Waals surface area (Å²) in [5.41, 5.74) is 6.57. The Bertz CT molecular complexity index is 199. The molecule has 0 aromatic rings. The first-order valence-corrected chi connectivity index (χ1v) is 7.06. The average molecular weight is 243 g/mol. The maximum absolute atomic E-state index is 6.49. The Balaban J connectivity index is 2.11. The molecule has 2 N–H and O–H groups in total. The van der Waals surface area contributed by atoms with Crippen LogP contribution in [0.3, 0.4) is 0 Å². The standard InChI is InChI=1S/C14H29NO2/c1-3-13-6-4-7-14(15,12-13)8-5-9-17-11-10-16-2/h13H,3-12,15H2,1-2H3. The van der Waals surface area contributed by atoms with Gasteiger partial charge in [0.05, 0.1) is 13.2 Å². The van der Waals surface area contributed by atoms with Gasteiger partial charge in [0, 0.05) is 19.3 Å². The molecule has 2 atom stereocenters. The van der Waals surface area contributed by atoms with Crippen molar-refractivity contribution in [3.63, 3.8) is 0 Å². The largest absolute Gasteiger partial charge is 0.382 e. The van der Waals surface area contributed by atoms with E-state index in [1.165, 1.54) is 32.1 Å². The second-order valence-corrected chi connectivity index (χ2v) is 5.44. The Labute approximate surface area is 106 Å². The fourth-order valence-electron chi connectivity index (χ4n) is 2.87. The van der Waals surface area contributed by atoms with E-state index in [-0.39, 0.29) is 5.54 Å². The molecule has 102 valence electrons. The monoisotopic (exact) mass is 243 g/mol.